The summed E-state index contributed by atoms with van der Waals surface area (Å²) >= 11 is 0. The summed E-state index contributed by atoms with van der Waals surface area (Å²) in [7, 11) is 0. The van der Waals surface area contributed by atoms with Gasteiger partial charge in [0.25, 0.3) is 22.9 Å². The van der Waals surface area contributed by atoms with E-state index in [1.54, 1.807) is 0 Å². The van der Waals surface area contributed by atoms with Gasteiger partial charge in [-0.05, 0) is 25.0 Å². The van der Waals surface area contributed by atoms with Crippen LogP contribution in [0.5, 0.6) is 11.8 Å². The van der Waals surface area contributed by atoms with Crippen LogP contribution in [-0.2, 0) is 13.1 Å². The molecule has 0 aliphatic heterocycles. The number of carbonyl (C=O) groups excluding carboxylic acids is 2. The maximum absolute atomic E-state index is 12.0. The lowest BCUT2D eigenvalue weighted by Gasteiger charge is -2.15. The van der Waals surface area contributed by atoms with Crippen molar-refractivity contribution in [3.8, 4) is 11.8 Å². The largest absolute Gasteiger partial charge is 0.494 e. The summed E-state index contributed by atoms with van der Waals surface area (Å²) in [5.74, 6) is -2.71. The van der Waals surface area contributed by atoms with Crippen molar-refractivity contribution in [3.63, 3.8) is 0 Å². The minimum atomic E-state index is -0.846. The van der Waals surface area contributed by atoms with Crippen LogP contribution in [0.15, 0.2) is 21.7 Å². The Balaban J connectivity index is 2.07. The van der Waals surface area contributed by atoms with Crippen molar-refractivity contribution in [2.45, 2.75) is 26.9 Å². The fourth-order valence-corrected chi connectivity index (χ4v) is 3.05. The molecule has 0 atom stereocenters. The van der Waals surface area contributed by atoms with Crippen LogP contribution in [0.4, 0.5) is 0 Å². The van der Waals surface area contributed by atoms with Gasteiger partial charge < -0.3 is 27.0 Å². The van der Waals surface area contributed by atoms with E-state index in [-0.39, 0.29) is 48.4 Å². The van der Waals surface area contributed by atoms with Crippen molar-refractivity contribution in [1.29, 1.82) is 0 Å². The average Bonchev–Trinajstić information content (AvgIpc) is 2.58. The molecule has 156 valence electrons. The van der Waals surface area contributed by atoms with E-state index in [0.717, 1.165) is 9.13 Å². The molecular formula is C18H23N5O6. The number of nitrogens with two attached hydrogens (primary N) is 2. The van der Waals surface area contributed by atoms with Crippen molar-refractivity contribution < 1.29 is 19.8 Å². The molecule has 0 fully saturated rings. The molecule has 0 saturated carbocycles. The first-order chi connectivity index (χ1) is 13.6. The predicted molar refractivity (Wildman–Crippen MR) is 104 cm³/mol. The van der Waals surface area contributed by atoms with E-state index in [0.29, 0.717) is 0 Å². The molecule has 2 aromatic heterocycles. The van der Waals surface area contributed by atoms with Crippen LogP contribution in [0.25, 0.3) is 0 Å². The normalized spacial score (nSPS) is 10.8. The maximum Gasteiger partial charge on any atom is 0.254 e. The second-order valence-electron chi connectivity index (χ2n) is 6.51. The van der Waals surface area contributed by atoms with Crippen LogP contribution in [0.3, 0.4) is 0 Å². The highest BCUT2D eigenvalue weighted by Crippen LogP contribution is 2.18. The highest BCUT2D eigenvalue weighted by Gasteiger charge is 2.18. The van der Waals surface area contributed by atoms with Crippen molar-refractivity contribution >= 4 is 11.8 Å². The number of nitrogens with zero attached hydrogens (tertiary/aromatic N) is 2. The van der Waals surface area contributed by atoms with Crippen molar-refractivity contribution in [2.75, 3.05) is 13.1 Å². The van der Waals surface area contributed by atoms with Gasteiger partial charge in [-0.3, -0.25) is 28.3 Å². The Hall–Kier alpha value is -3.60. The Labute approximate surface area is 165 Å². The van der Waals surface area contributed by atoms with Crippen LogP contribution in [0, 0.1) is 13.8 Å². The molecule has 0 aromatic carbocycles. The lowest BCUT2D eigenvalue weighted by Crippen LogP contribution is -2.32. The molecule has 7 N–H and O–H groups in total. The number of amides is 2. The summed E-state index contributed by atoms with van der Waals surface area (Å²) in [6.45, 7) is 3.47. The van der Waals surface area contributed by atoms with Gasteiger partial charge in [-0.25, -0.2) is 0 Å². The number of hydrogen-bond acceptors (Lipinski definition) is 7. The van der Waals surface area contributed by atoms with Gasteiger partial charge in [0.2, 0.25) is 11.8 Å². The molecule has 0 aliphatic carbocycles. The molecule has 0 saturated heterocycles. The fourth-order valence-electron chi connectivity index (χ4n) is 3.05. The Kier molecular flexibility index (Phi) is 6.44. The topological polar surface area (TPSA) is 183 Å². The summed E-state index contributed by atoms with van der Waals surface area (Å²) in [5.41, 5.74) is 9.78. The maximum atomic E-state index is 12.0. The van der Waals surface area contributed by atoms with E-state index >= 15 is 0 Å². The molecule has 29 heavy (non-hydrogen) atoms. The van der Waals surface area contributed by atoms with Gasteiger partial charge in [-0.1, -0.05) is 0 Å². The molecule has 2 rings (SSSR count). The van der Waals surface area contributed by atoms with Gasteiger partial charge in [-0.15, -0.1) is 0 Å². The Bertz CT molecular complexity index is 1000. The Morgan fingerprint density at radius 3 is 1.52 bits per heavy atom. The van der Waals surface area contributed by atoms with Crippen LogP contribution in [0.2, 0.25) is 0 Å². The molecule has 2 aromatic rings. The second-order valence-corrected chi connectivity index (χ2v) is 6.51. The van der Waals surface area contributed by atoms with Crippen molar-refractivity contribution in [3.05, 3.63) is 55.1 Å². The molecule has 11 nitrogen and oxygen atoms in total. The van der Waals surface area contributed by atoms with Gasteiger partial charge >= 0.3 is 0 Å². The van der Waals surface area contributed by atoms with E-state index in [4.69, 9.17) is 11.5 Å². The van der Waals surface area contributed by atoms with E-state index in [1.165, 1.54) is 26.0 Å². The molecule has 2 amide bonds. The van der Waals surface area contributed by atoms with Crippen molar-refractivity contribution in [1.82, 2.24) is 14.5 Å². The zero-order valence-electron chi connectivity index (χ0n) is 16.1. The number of pyridine rings is 2. The SMILES string of the molecule is Cc1cc(=O)n(CCNCCn2c(O)c(C(N)=O)c(C)cc2=O)c(O)c1C(N)=O. The molecule has 0 unspecified atom stereocenters. The quantitative estimate of drug-likeness (QED) is 0.332. The molecule has 0 aliphatic rings. The third-order valence-corrected chi connectivity index (χ3v) is 4.48. The van der Waals surface area contributed by atoms with Crippen molar-refractivity contribution in [2.24, 2.45) is 11.5 Å². The summed E-state index contributed by atoms with van der Waals surface area (Å²) in [5, 5.41) is 23.2. The predicted octanol–water partition coefficient (Wildman–Crippen LogP) is -1.47. The van der Waals surface area contributed by atoms with Crippen LogP contribution in [-0.4, -0.2) is 44.3 Å². The zero-order valence-corrected chi connectivity index (χ0v) is 16.1. The molecular weight excluding hydrogens is 382 g/mol. The molecule has 2 heterocycles. The van der Waals surface area contributed by atoms with Gasteiger partial charge in [0.15, 0.2) is 0 Å². The van der Waals surface area contributed by atoms with Gasteiger partial charge in [0, 0.05) is 38.3 Å². The highest BCUT2D eigenvalue weighted by molar-refractivity contribution is 5.96. The first-order valence-electron chi connectivity index (χ1n) is 8.73. The fraction of sp³-hybridized carbons (Fsp3) is 0.333. The smallest absolute Gasteiger partial charge is 0.254 e. The minimum absolute atomic E-state index is 0.0343. The van der Waals surface area contributed by atoms with Crippen LogP contribution >= 0.6 is 0 Å². The number of aromatic hydroxyl groups is 2. The molecule has 0 spiro atoms. The van der Waals surface area contributed by atoms with Crippen LogP contribution in [0.1, 0.15) is 31.8 Å². The number of aryl methyl sites for hydroxylation is 2. The standard InChI is InChI=1S/C18H23N5O6/c1-9-7-11(24)22(17(28)13(9)15(19)26)5-3-21-4-6-23-12(25)8-10(2)14(16(20)27)18(23)29/h7-8,21,28-29H,3-6H2,1-2H3,(H2,19,26)(H2,20,27). The van der Waals surface area contributed by atoms with E-state index in [2.05, 4.69) is 5.32 Å². The third kappa shape index (κ3) is 4.46. The van der Waals surface area contributed by atoms with E-state index in [9.17, 15) is 29.4 Å². The minimum Gasteiger partial charge on any atom is -0.494 e. The summed E-state index contributed by atoms with van der Waals surface area (Å²) < 4.78 is 2.00. The Morgan fingerprint density at radius 1 is 0.862 bits per heavy atom. The molecule has 11 heteroatoms. The summed E-state index contributed by atoms with van der Waals surface area (Å²) in [6.07, 6.45) is 0. The number of rotatable bonds is 8. The number of nitrogens with one attached hydrogen (secondary N) is 1. The van der Waals surface area contributed by atoms with Crippen LogP contribution < -0.4 is 27.9 Å². The first-order valence-corrected chi connectivity index (χ1v) is 8.73. The lowest BCUT2D eigenvalue weighted by molar-refractivity contribution is 0.0986. The van der Waals surface area contributed by atoms with Gasteiger partial charge in [-0.2, -0.15) is 0 Å². The second kappa shape index (κ2) is 8.61. The zero-order chi connectivity index (χ0) is 21.9. The number of primary amides is 2. The summed E-state index contributed by atoms with van der Waals surface area (Å²) in [6, 6.07) is 2.41. The summed E-state index contributed by atoms with van der Waals surface area (Å²) in [4.78, 5) is 47.0. The Morgan fingerprint density at radius 2 is 1.21 bits per heavy atom. The average molecular weight is 405 g/mol. The number of aromatic nitrogens is 2. The first kappa shape index (κ1) is 21.7. The number of hydrogen-bond donors (Lipinski definition) is 5. The van der Waals surface area contributed by atoms with E-state index in [1.807, 2.05) is 0 Å². The van der Waals surface area contributed by atoms with Gasteiger partial charge in [0.05, 0.1) is 0 Å². The van der Waals surface area contributed by atoms with Gasteiger partial charge in [0.1, 0.15) is 11.1 Å². The molecule has 0 bridgehead atoms. The number of carbonyl (C=O) groups is 2. The third-order valence-electron chi connectivity index (χ3n) is 4.48. The monoisotopic (exact) mass is 405 g/mol. The van der Waals surface area contributed by atoms with E-state index < -0.39 is 34.7 Å². The highest BCUT2D eigenvalue weighted by atomic mass is 16.3. The lowest BCUT2D eigenvalue weighted by atomic mass is 10.1. The molecule has 0 radical (unpaired) electrons.